The number of aliphatic hydroxyl groups is 1. The lowest BCUT2D eigenvalue weighted by Crippen LogP contribution is -2.58. The summed E-state index contributed by atoms with van der Waals surface area (Å²) in [5.41, 5.74) is -1.73. The monoisotopic (exact) mass is 367 g/mol. The van der Waals surface area contributed by atoms with Gasteiger partial charge < -0.3 is 10.0 Å². The van der Waals surface area contributed by atoms with Crippen molar-refractivity contribution in [3.63, 3.8) is 0 Å². The minimum Gasteiger partial charge on any atom is -0.363 e. The third kappa shape index (κ3) is 3.80. The average Bonchev–Trinajstić information content (AvgIpc) is 2.92. The molecule has 2 heterocycles. The van der Waals surface area contributed by atoms with Gasteiger partial charge in [-0.2, -0.15) is 13.2 Å². The quantitative estimate of drug-likeness (QED) is 0.897. The zero-order chi connectivity index (χ0) is 17.9. The van der Waals surface area contributed by atoms with Gasteiger partial charge in [-0.05, 0) is 24.3 Å². The smallest absolute Gasteiger partial charge is 0.363 e. The largest absolute Gasteiger partial charge is 0.437 e. The van der Waals surface area contributed by atoms with Crippen LogP contribution in [0, 0.1) is 0 Å². The van der Waals surface area contributed by atoms with Crippen LogP contribution >= 0.6 is 11.8 Å². The zero-order valence-electron chi connectivity index (χ0n) is 13.1. The van der Waals surface area contributed by atoms with Crippen molar-refractivity contribution in [3.8, 4) is 0 Å². The Hall–Kier alpha value is -2.06. The van der Waals surface area contributed by atoms with Gasteiger partial charge in [0.15, 0.2) is 5.17 Å². The lowest BCUT2D eigenvalue weighted by molar-refractivity contribution is -0.288. The molecule has 1 aromatic heterocycles. The fraction of sp³-hybridized carbons (Fsp3) is 0.294. The number of aromatic nitrogens is 1. The lowest BCUT2D eigenvalue weighted by atomic mass is 10.2. The summed E-state index contributed by atoms with van der Waals surface area (Å²) in [5, 5.41) is 10.4. The van der Waals surface area contributed by atoms with Crippen LogP contribution in [0.5, 0.6) is 0 Å². The van der Waals surface area contributed by atoms with E-state index >= 15 is 0 Å². The number of alkyl halides is 3. The number of nitrogens with zero attached hydrogens (tertiary/aromatic N) is 3. The molecule has 0 bridgehead atoms. The number of hydrogen-bond donors (Lipinski definition) is 1. The number of halogens is 3. The molecule has 1 fully saturated rings. The first-order valence-corrected chi connectivity index (χ1v) is 8.62. The number of amidine groups is 1. The Kier molecular flexibility index (Phi) is 5.01. The molecule has 1 aliphatic heterocycles. The highest BCUT2D eigenvalue weighted by Crippen LogP contribution is 2.43. The fourth-order valence-corrected chi connectivity index (χ4v) is 3.69. The summed E-state index contributed by atoms with van der Waals surface area (Å²) in [6.07, 6.45) is -2.92. The van der Waals surface area contributed by atoms with E-state index in [0.717, 1.165) is 16.7 Å². The van der Waals surface area contributed by atoms with Crippen LogP contribution in [-0.4, -0.2) is 44.4 Å². The second kappa shape index (κ2) is 7.05. The van der Waals surface area contributed by atoms with Crippen LogP contribution in [0.1, 0.15) is 5.69 Å². The summed E-state index contributed by atoms with van der Waals surface area (Å²) in [4.78, 5) is 9.34. The highest BCUT2D eigenvalue weighted by atomic mass is 32.2. The third-order valence-corrected chi connectivity index (χ3v) is 4.95. The second-order valence-electron chi connectivity index (χ2n) is 5.56. The van der Waals surface area contributed by atoms with Crippen molar-refractivity contribution < 1.29 is 18.3 Å². The maximum atomic E-state index is 13.5. The number of rotatable bonds is 4. The molecule has 0 aliphatic carbocycles. The predicted molar refractivity (Wildman–Crippen MR) is 91.6 cm³/mol. The van der Waals surface area contributed by atoms with Gasteiger partial charge in [0.25, 0.3) is 0 Å². The van der Waals surface area contributed by atoms with Crippen molar-refractivity contribution in [2.45, 2.75) is 18.3 Å². The molecular formula is C17H16F3N3OS. The van der Waals surface area contributed by atoms with E-state index in [1.54, 1.807) is 54.7 Å². The normalized spacial score (nSPS) is 22.6. The van der Waals surface area contributed by atoms with Gasteiger partial charge >= 0.3 is 6.18 Å². The summed E-state index contributed by atoms with van der Waals surface area (Å²) < 4.78 is 40.4. The Labute approximate surface area is 147 Å². The van der Waals surface area contributed by atoms with Gasteiger partial charge in [-0.1, -0.05) is 36.0 Å². The summed E-state index contributed by atoms with van der Waals surface area (Å²) in [5.74, 6) is -0.510. The molecule has 1 N–H and O–H groups in total. The first-order valence-electron chi connectivity index (χ1n) is 7.63. The van der Waals surface area contributed by atoms with Gasteiger partial charge in [0, 0.05) is 24.9 Å². The van der Waals surface area contributed by atoms with Crippen LogP contribution in [-0.2, 0) is 6.42 Å². The van der Waals surface area contributed by atoms with Crippen LogP contribution in [0.15, 0.2) is 59.7 Å². The number of para-hydroxylation sites is 1. The van der Waals surface area contributed by atoms with E-state index in [4.69, 9.17) is 0 Å². The molecule has 1 atom stereocenters. The standard InChI is InChI=1S/C17H16F3N3OS/c18-17(19,20)16(24)12-25-15(22-14-7-2-1-3-8-14)23(16)11-9-13-6-4-5-10-21-13/h1-8,10,24H,9,11-12H2. The van der Waals surface area contributed by atoms with Crippen molar-refractivity contribution in [1.29, 1.82) is 0 Å². The van der Waals surface area contributed by atoms with Gasteiger partial charge in [-0.3, -0.25) is 4.98 Å². The maximum Gasteiger partial charge on any atom is 0.437 e. The van der Waals surface area contributed by atoms with Crippen LogP contribution in [0.4, 0.5) is 18.9 Å². The zero-order valence-corrected chi connectivity index (χ0v) is 14.0. The van der Waals surface area contributed by atoms with Crippen LogP contribution in [0.25, 0.3) is 0 Å². The van der Waals surface area contributed by atoms with Crippen molar-refractivity contribution in [2.24, 2.45) is 4.99 Å². The molecule has 25 heavy (non-hydrogen) atoms. The Morgan fingerprint density at radius 2 is 1.88 bits per heavy atom. The van der Waals surface area contributed by atoms with Gasteiger partial charge in [-0.25, -0.2) is 4.99 Å². The summed E-state index contributed by atoms with van der Waals surface area (Å²) in [6, 6.07) is 14.0. The van der Waals surface area contributed by atoms with E-state index in [0.29, 0.717) is 11.4 Å². The number of pyridine rings is 1. The molecule has 4 nitrogen and oxygen atoms in total. The maximum absolute atomic E-state index is 13.5. The molecule has 0 spiro atoms. The van der Waals surface area contributed by atoms with Gasteiger partial charge in [0.2, 0.25) is 5.72 Å². The van der Waals surface area contributed by atoms with Crippen molar-refractivity contribution >= 4 is 22.6 Å². The molecule has 3 rings (SSSR count). The molecule has 1 saturated heterocycles. The van der Waals surface area contributed by atoms with E-state index in [1.165, 1.54) is 0 Å². The molecule has 1 unspecified atom stereocenters. The SMILES string of the molecule is OC1(C(F)(F)F)CSC(=Nc2ccccc2)N1CCc1ccccn1. The summed E-state index contributed by atoms with van der Waals surface area (Å²) >= 11 is 0.900. The Balaban J connectivity index is 1.88. The second-order valence-corrected chi connectivity index (χ2v) is 6.50. The minimum atomic E-state index is -4.78. The topological polar surface area (TPSA) is 48.7 Å². The van der Waals surface area contributed by atoms with Crippen LogP contribution in [0.3, 0.4) is 0 Å². The lowest BCUT2D eigenvalue weighted by Gasteiger charge is -2.35. The van der Waals surface area contributed by atoms with E-state index in [-0.39, 0.29) is 18.1 Å². The molecule has 2 aromatic rings. The summed E-state index contributed by atoms with van der Waals surface area (Å²) in [7, 11) is 0. The fourth-order valence-electron chi connectivity index (χ4n) is 2.47. The highest BCUT2D eigenvalue weighted by Gasteiger charge is 2.62. The van der Waals surface area contributed by atoms with E-state index in [9.17, 15) is 18.3 Å². The predicted octanol–water partition coefficient (Wildman–Crippen LogP) is 3.61. The first-order chi connectivity index (χ1) is 11.9. The van der Waals surface area contributed by atoms with Crippen LogP contribution in [0.2, 0.25) is 0 Å². The number of thioether (sulfide) groups is 1. The van der Waals surface area contributed by atoms with Gasteiger partial charge in [-0.15, -0.1) is 0 Å². The molecule has 0 saturated carbocycles. The summed E-state index contributed by atoms with van der Waals surface area (Å²) in [6.45, 7) is -0.0360. The van der Waals surface area contributed by atoms with Crippen molar-refractivity contribution in [1.82, 2.24) is 9.88 Å². The van der Waals surface area contributed by atoms with E-state index < -0.39 is 17.7 Å². The van der Waals surface area contributed by atoms with Crippen molar-refractivity contribution in [2.75, 3.05) is 12.3 Å². The Morgan fingerprint density at radius 3 is 2.52 bits per heavy atom. The number of aliphatic imine (C=N–C) groups is 1. The molecule has 1 aliphatic rings. The molecule has 1 aromatic carbocycles. The Morgan fingerprint density at radius 1 is 1.16 bits per heavy atom. The number of benzene rings is 1. The third-order valence-electron chi connectivity index (χ3n) is 3.83. The first kappa shape index (κ1) is 17.8. The number of hydrogen-bond acceptors (Lipinski definition) is 4. The van der Waals surface area contributed by atoms with Crippen molar-refractivity contribution in [3.05, 3.63) is 60.4 Å². The Bertz CT molecular complexity index is 740. The molecule has 0 amide bonds. The highest BCUT2D eigenvalue weighted by molar-refractivity contribution is 8.14. The molecular weight excluding hydrogens is 351 g/mol. The molecule has 132 valence electrons. The van der Waals surface area contributed by atoms with E-state index in [2.05, 4.69) is 9.98 Å². The van der Waals surface area contributed by atoms with Gasteiger partial charge in [0.05, 0.1) is 11.4 Å². The van der Waals surface area contributed by atoms with Gasteiger partial charge in [0.1, 0.15) is 0 Å². The van der Waals surface area contributed by atoms with E-state index in [1.807, 2.05) is 0 Å². The van der Waals surface area contributed by atoms with Crippen LogP contribution < -0.4 is 0 Å². The molecule has 0 radical (unpaired) electrons. The molecule has 8 heteroatoms. The average molecular weight is 367 g/mol. The minimum absolute atomic E-state index is 0.0360.